The Hall–Kier alpha value is -1.67. The third-order valence-corrected chi connectivity index (χ3v) is 2.48. The second-order valence-electron chi connectivity index (χ2n) is 4.08. The van der Waals surface area contributed by atoms with E-state index in [1.807, 2.05) is 0 Å². The molecule has 118 valence electrons. The Morgan fingerprint density at radius 1 is 0.952 bits per heavy atom. The molecule has 0 aliphatic carbocycles. The Bertz CT molecular complexity index is 483. The minimum atomic E-state index is -6.22. The van der Waals surface area contributed by atoms with Gasteiger partial charge in [0.05, 0.1) is 0 Å². The highest BCUT2D eigenvalue weighted by Crippen LogP contribution is 2.48. The predicted molar refractivity (Wildman–Crippen MR) is 59.7 cm³/mol. The summed E-state index contributed by atoms with van der Waals surface area (Å²) in [6.45, 7) is -2.04. The van der Waals surface area contributed by atoms with Gasteiger partial charge in [0.2, 0.25) is 0 Å². The molecule has 0 aliphatic heterocycles. The molecule has 1 nitrogen and oxygen atoms in total. The van der Waals surface area contributed by atoms with E-state index in [4.69, 9.17) is 0 Å². The molecule has 1 rings (SSSR count). The molecule has 0 unspecified atom stereocenters. The summed E-state index contributed by atoms with van der Waals surface area (Å²) < 4.78 is 101. The number of nitrogens with zero attached hydrogens (tertiary/aromatic N) is 1. The maximum Gasteiger partial charge on any atom is 0.379 e. The van der Waals surface area contributed by atoms with Gasteiger partial charge in [-0.3, -0.25) is 4.99 Å². The predicted octanol–water partition coefficient (Wildman–Crippen LogP) is 4.28. The fourth-order valence-corrected chi connectivity index (χ4v) is 1.28. The van der Waals surface area contributed by atoms with Gasteiger partial charge in [0.1, 0.15) is 6.54 Å². The first-order valence-corrected chi connectivity index (χ1v) is 5.49. The molecule has 0 aliphatic rings. The minimum Gasteiger partial charge on any atom is -0.286 e. The topological polar surface area (TPSA) is 12.4 Å². The quantitative estimate of drug-likeness (QED) is 0.548. The Morgan fingerprint density at radius 3 is 1.95 bits per heavy atom. The number of alkyl halides is 8. The molecule has 21 heavy (non-hydrogen) atoms. The summed E-state index contributed by atoms with van der Waals surface area (Å²) in [5.74, 6) is -17.8. The van der Waals surface area contributed by atoms with Crippen molar-refractivity contribution < 1.29 is 35.1 Å². The lowest BCUT2D eigenvalue weighted by atomic mass is 10.1. The molecule has 0 atom stereocenters. The van der Waals surface area contributed by atoms with Crippen LogP contribution < -0.4 is 0 Å². The van der Waals surface area contributed by atoms with Crippen LogP contribution in [0, 0.1) is 0 Å². The molecule has 0 aromatic heterocycles. The van der Waals surface area contributed by atoms with E-state index < -0.39 is 30.7 Å². The maximum absolute atomic E-state index is 13.1. The van der Waals surface area contributed by atoms with Gasteiger partial charge in [-0.25, -0.2) is 8.78 Å². The number of aliphatic imine (C=N–C) groups is 1. The first-order chi connectivity index (χ1) is 9.52. The van der Waals surface area contributed by atoms with Gasteiger partial charge in [-0.05, 0) is 5.56 Å². The average Bonchev–Trinajstić information content (AvgIpc) is 2.39. The van der Waals surface area contributed by atoms with E-state index in [1.165, 1.54) is 24.3 Å². The molecule has 0 radical (unpaired) electrons. The summed E-state index contributed by atoms with van der Waals surface area (Å²) in [6.07, 6.45) is -4.17. The van der Waals surface area contributed by atoms with Gasteiger partial charge in [0, 0.05) is 6.21 Å². The van der Waals surface area contributed by atoms with Crippen molar-refractivity contribution in [1.82, 2.24) is 0 Å². The Balaban J connectivity index is 2.88. The van der Waals surface area contributed by atoms with Gasteiger partial charge < -0.3 is 0 Å². The van der Waals surface area contributed by atoms with Gasteiger partial charge >= 0.3 is 24.2 Å². The Labute approximate surface area is 114 Å². The van der Waals surface area contributed by atoms with Crippen molar-refractivity contribution in [2.75, 3.05) is 6.54 Å². The van der Waals surface area contributed by atoms with Gasteiger partial charge in [-0.2, -0.15) is 26.3 Å². The first kappa shape index (κ1) is 17.4. The maximum atomic E-state index is 13.1. The third-order valence-electron chi connectivity index (χ3n) is 2.48. The van der Waals surface area contributed by atoms with E-state index >= 15 is 0 Å². The van der Waals surface area contributed by atoms with Crippen molar-refractivity contribution in [3.8, 4) is 0 Å². The average molecular weight is 319 g/mol. The molecule has 0 N–H and O–H groups in total. The van der Waals surface area contributed by atoms with E-state index in [-0.39, 0.29) is 5.56 Å². The lowest BCUT2D eigenvalue weighted by Crippen LogP contribution is -2.58. The van der Waals surface area contributed by atoms with Gasteiger partial charge in [0.15, 0.2) is 0 Å². The van der Waals surface area contributed by atoms with Crippen LogP contribution in [0.25, 0.3) is 0 Å². The molecule has 0 fully saturated rings. The largest absolute Gasteiger partial charge is 0.379 e. The summed E-state index contributed by atoms with van der Waals surface area (Å²) in [4.78, 5) is 2.92. The summed E-state index contributed by atoms with van der Waals surface area (Å²) in [5, 5.41) is 0. The summed E-state index contributed by atoms with van der Waals surface area (Å²) >= 11 is 0. The highest BCUT2D eigenvalue weighted by molar-refractivity contribution is 5.79. The number of rotatable bonds is 6. The first-order valence-electron chi connectivity index (χ1n) is 5.49. The van der Waals surface area contributed by atoms with Gasteiger partial charge in [-0.1, -0.05) is 30.3 Å². The molecule has 1 aromatic rings. The Morgan fingerprint density at radius 2 is 1.48 bits per heavy atom. The van der Waals surface area contributed by atoms with Crippen molar-refractivity contribution in [2.24, 2.45) is 4.99 Å². The zero-order valence-corrected chi connectivity index (χ0v) is 10.2. The van der Waals surface area contributed by atoms with Gasteiger partial charge in [0.25, 0.3) is 0 Å². The molecular formula is C12H9F8N. The standard InChI is InChI=1S/C12H9F8N/c13-9(14)11(17,18)12(19,20)10(15,16)7-21-6-8-4-2-1-3-5-8/h1-6,9H,7H2. The van der Waals surface area contributed by atoms with Gasteiger partial charge in [-0.15, -0.1) is 0 Å². The highest BCUT2D eigenvalue weighted by atomic mass is 19.4. The molecule has 0 amide bonds. The lowest BCUT2D eigenvalue weighted by Gasteiger charge is -2.31. The summed E-state index contributed by atoms with van der Waals surface area (Å²) in [5.41, 5.74) is 0.261. The van der Waals surface area contributed by atoms with Crippen molar-refractivity contribution in [2.45, 2.75) is 24.2 Å². The number of halogens is 8. The molecule has 9 heteroatoms. The van der Waals surface area contributed by atoms with Crippen molar-refractivity contribution in [1.29, 1.82) is 0 Å². The van der Waals surface area contributed by atoms with Crippen molar-refractivity contribution in [3.05, 3.63) is 35.9 Å². The zero-order chi connectivity index (χ0) is 16.3. The van der Waals surface area contributed by atoms with Crippen LogP contribution in [0.15, 0.2) is 35.3 Å². The van der Waals surface area contributed by atoms with Crippen LogP contribution >= 0.6 is 0 Å². The zero-order valence-electron chi connectivity index (χ0n) is 10.2. The number of hydrogen-bond donors (Lipinski definition) is 0. The van der Waals surface area contributed by atoms with Crippen molar-refractivity contribution >= 4 is 6.21 Å². The molecule has 1 aromatic carbocycles. The molecule has 0 spiro atoms. The number of benzene rings is 1. The Kier molecular flexibility index (Phi) is 4.95. The fourth-order valence-electron chi connectivity index (χ4n) is 1.28. The third kappa shape index (κ3) is 3.51. The SMILES string of the molecule is FC(F)C(F)(F)C(F)(F)C(F)(F)CN=Cc1ccccc1. The molecule has 0 heterocycles. The fraction of sp³-hybridized carbons (Fsp3) is 0.417. The monoisotopic (exact) mass is 319 g/mol. The molecule has 0 saturated carbocycles. The van der Waals surface area contributed by atoms with Crippen LogP contribution in [-0.2, 0) is 0 Å². The molecule has 0 saturated heterocycles. The van der Waals surface area contributed by atoms with Crippen LogP contribution in [0.2, 0.25) is 0 Å². The molecule has 0 bridgehead atoms. The second-order valence-corrected chi connectivity index (χ2v) is 4.08. The minimum absolute atomic E-state index is 0.261. The highest BCUT2D eigenvalue weighted by Gasteiger charge is 2.75. The lowest BCUT2D eigenvalue weighted by molar-refractivity contribution is -0.335. The van der Waals surface area contributed by atoms with Crippen LogP contribution in [0.3, 0.4) is 0 Å². The summed E-state index contributed by atoms with van der Waals surface area (Å²) in [6, 6.07) is 7.38. The van der Waals surface area contributed by atoms with Crippen LogP contribution in [0.4, 0.5) is 35.1 Å². The smallest absolute Gasteiger partial charge is 0.286 e. The number of hydrogen-bond acceptors (Lipinski definition) is 1. The second kappa shape index (κ2) is 5.98. The van der Waals surface area contributed by atoms with E-state index in [0.717, 1.165) is 6.21 Å². The van der Waals surface area contributed by atoms with Crippen molar-refractivity contribution in [3.63, 3.8) is 0 Å². The summed E-state index contributed by atoms with van der Waals surface area (Å²) in [7, 11) is 0. The normalized spacial score (nSPS) is 14.1. The van der Waals surface area contributed by atoms with Crippen LogP contribution in [0.5, 0.6) is 0 Å². The molecular weight excluding hydrogens is 310 g/mol. The van der Waals surface area contributed by atoms with Crippen LogP contribution in [-0.4, -0.2) is 37.0 Å². The van der Waals surface area contributed by atoms with E-state index in [2.05, 4.69) is 4.99 Å². The van der Waals surface area contributed by atoms with E-state index in [0.29, 0.717) is 0 Å². The van der Waals surface area contributed by atoms with Crippen LogP contribution in [0.1, 0.15) is 5.56 Å². The van der Waals surface area contributed by atoms with E-state index in [9.17, 15) is 35.1 Å². The van der Waals surface area contributed by atoms with E-state index in [1.54, 1.807) is 6.07 Å².